The van der Waals surface area contributed by atoms with E-state index in [0.29, 0.717) is 6.61 Å². The van der Waals surface area contributed by atoms with E-state index in [1.165, 1.54) is 22.3 Å². The van der Waals surface area contributed by atoms with E-state index in [4.69, 9.17) is 12.9 Å². The minimum Gasteiger partial charge on any atom is -0.399 e. The van der Waals surface area contributed by atoms with E-state index in [0.717, 1.165) is 28.4 Å². The Balaban J connectivity index is 2.69. The summed E-state index contributed by atoms with van der Waals surface area (Å²) in [6, 6.07) is 9.23. The molecule has 2 aromatic carbocycles. The molecule has 1 aromatic heterocycles. The number of fused-ring (bicyclic) bond motifs is 3. The molecule has 0 aliphatic rings. The van der Waals surface area contributed by atoms with Crippen molar-refractivity contribution in [2.45, 2.75) is 98.8 Å². The molecule has 0 spiro atoms. The van der Waals surface area contributed by atoms with Gasteiger partial charge in [-0.3, -0.25) is 4.52 Å². The highest BCUT2D eigenvalue weighted by Crippen LogP contribution is 2.43. The Hall–Kier alpha value is -1.70. The van der Waals surface area contributed by atoms with E-state index >= 15 is 0 Å². The molecular weight excluding hydrogens is 415 g/mol. The summed E-state index contributed by atoms with van der Waals surface area (Å²) >= 11 is 0. The summed E-state index contributed by atoms with van der Waals surface area (Å²) in [5, 5.41) is 2.23. The highest BCUT2D eigenvalue weighted by atomic mass is 31.1. The van der Waals surface area contributed by atoms with Gasteiger partial charge in [0.25, 0.3) is 0 Å². The zero-order valence-corrected chi connectivity index (χ0v) is 22.8. The van der Waals surface area contributed by atoms with Crippen LogP contribution in [0.5, 0.6) is 0 Å². The molecule has 0 amide bonds. The van der Waals surface area contributed by atoms with Crippen LogP contribution in [0.1, 0.15) is 98.4 Å². The molecule has 0 aliphatic heterocycles. The average Bonchev–Trinajstić information content (AvgIpc) is 2.80. The second-order valence-corrected chi connectivity index (χ2v) is 12.9. The quantitative estimate of drug-likeness (QED) is 0.394. The lowest BCUT2D eigenvalue weighted by molar-refractivity contribution is 0.393. The molecule has 0 N–H and O–H groups in total. The van der Waals surface area contributed by atoms with Crippen molar-refractivity contribution in [3.05, 3.63) is 46.5 Å². The second kappa shape index (κ2) is 8.58. The van der Waals surface area contributed by atoms with Crippen molar-refractivity contribution in [2.75, 3.05) is 6.61 Å². The van der Waals surface area contributed by atoms with E-state index in [-0.39, 0.29) is 16.2 Å². The highest BCUT2D eigenvalue weighted by Gasteiger charge is 2.26. The molecule has 1 heterocycles. The van der Waals surface area contributed by atoms with Crippen LogP contribution in [0.3, 0.4) is 0 Å². The molecule has 0 saturated carbocycles. The van der Waals surface area contributed by atoms with Gasteiger partial charge in [0.05, 0.1) is 6.61 Å². The minimum atomic E-state index is -1.53. The van der Waals surface area contributed by atoms with Gasteiger partial charge in [-0.15, -0.1) is 0 Å². The first-order chi connectivity index (χ1) is 14.7. The zero-order valence-electron chi connectivity index (χ0n) is 21.9. The van der Waals surface area contributed by atoms with Crippen LogP contribution in [0.15, 0.2) is 32.7 Å². The van der Waals surface area contributed by atoms with Gasteiger partial charge in [0.2, 0.25) is 0 Å². The monoisotopic (exact) mass is 456 g/mol. The summed E-state index contributed by atoms with van der Waals surface area (Å²) in [7, 11) is -1.53. The van der Waals surface area contributed by atoms with Gasteiger partial charge in [-0.25, -0.2) is 0 Å². The summed E-state index contributed by atoms with van der Waals surface area (Å²) in [5.74, 6) is 0. The lowest BCUT2D eigenvalue weighted by Crippen LogP contribution is -2.16. The Labute approximate surface area is 195 Å². The van der Waals surface area contributed by atoms with Crippen molar-refractivity contribution in [3.8, 4) is 0 Å². The Morgan fingerprint density at radius 3 is 1.66 bits per heavy atom. The number of benzene rings is 2. The molecule has 4 heteroatoms. The molecule has 0 saturated heterocycles. The third-order valence-corrected chi connectivity index (χ3v) is 7.16. The van der Waals surface area contributed by atoms with Crippen LogP contribution in [0.4, 0.5) is 0 Å². The van der Waals surface area contributed by atoms with Crippen molar-refractivity contribution in [1.82, 2.24) is 0 Å². The summed E-state index contributed by atoms with van der Waals surface area (Å²) < 4.78 is 19.0. The van der Waals surface area contributed by atoms with Gasteiger partial charge in [-0.1, -0.05) is 81.4 Å². The molecule has 1 atom stereocenters. The first-order valence-corrected chi connectivity index (χ1v) is 12.9. The second-order valence-electron chi connectivity index (χ2n) is 11.8. The molecule has 3 aromatic rings. The van der Waals surface area contributed by atoms with Crippen LogP contribution < -0.4 is 4.52 Å². The average molecular weight is 457 g/mol. The Morgan fingerprint density at radius 1 is 0.688 bits per heavy atom. The number of hydrogen-bond donors (Lipinski definition) is 0. The summed E-state index contributed by atoms with van der Waals surface area (Å²) in [6.07, 6.45) is 0.891. The van der Waals surface area contributed by atoms with Crippen LogP contribution in [0, 0.1) is 0 Å². The van der Waals surface area contributed by atoms with E-state index in [1.54, 1.807) is 0 Å². The van der Waals surface area contributed by atoms with E-state index in [9.17, 15) is 0 Å². The maximum absolute atomic E-state index is 6.55. The van der Waals surface area contributed by atoms with Crippen molar-refractivity contribution >= 4 is 30.2 Å². The third-order valence-electron chi connectivity index (χ3n) is 6.03. The molecular formula is C28H41O3P. The van der Waals surface area contributed by atoms with Crippen molar-refractivity contribution in [3.63, 3.8) is 0 Å². The lowest BCUT2D eigenvalue weighted by atomic mass is 9.79. The fourth-order valence-electron chi connectivity index (χ4n) is 3.94. The standard InChI is InChI=1S/C28H41O3P/c1-12-18-14-19(26(3,4)5)15-21-22-16-20(27(6,7)8)17-23(28(9,10)11)25(22)31-32(29-13-2)30-24(18)21/h14-17H,12-13H2,1-11H3. The van der Waals surface area contributed by atoms with Crippen LogP contribution in [0.2, 0.25) is 0 Å². The lowest BCUT2D eigenvalue weighted by Gasteiger charge is -2.26. The van der Waals surface area contributed by atoms with Gasteiger partial charge in [-0.2, -0.15) is 0 Å². The van der Waals surface area contributed by atoms with E-state index in [2.05, 4.69) is 93.5 Å². The van der Waals surface area contributed by atoms with E-state index in [1.807, 2.05) is 6.92 Å². The molecule has 1 unspecified atom stereocenters. The normalized spacial score (nSPS) is 13.8. The van der Waals surface area contributed by atoms with Crippen LogP contribution >= 0.6 is 8.24 Å². The number of rotatable bonds is 3. The summed E-state index contributed by atoms with van der Waals surface area (Å²) in [5.41, 5.74) is 6.78. The molecule has 3 rings (SSSR count). The van der Waals surface area contributed by atoms with Gasteiger partial charge in [0, 0.05) is 16.3 Å². The van der Waals surface area contributed by atoms with Gasteiger partial charge in [-0.05, 0) is 58.4 Å². The van der Waals surface area contributed by atoms with Crippen molar-refractivity contribution < 1.29 is 12.9 Å². The Bertz CT molecular complexity index is 1170. The van der Waals surface area contributed by atoms with Gasteiger partial charge in [0.1, 0.15) is 11.2 Å². The molecule has 0 fully saturated rings. The van der Waals surface area contributed by atoms with Gasteiger partial charge < -0.3 is 8.39 Å². The van der Waals surface area contributed by atoms with Crippen molar-refractivity contribution in [1.29, 1.82) is 0 Å². The van der Waals surface area contributed by atoms with E-state index < -0.39 is 8.24 Å². The predicted octanol–water partition coefficient (Wildman–Crippen LogP) is 9.19. The number of hydrogen-bond acceptors (Lipinski definition) is 3. The first kappa shape index (κ1) is 24.9. The zero-order chi connectivity index (χ0) is 24.1. The van der Waals surface area contributed by atoms with Gasteiger partial charge in [0.15, 0.2) is 0 Å². The Kier molecular flexibility index (Phi) is 6.68. The fourth-order valence-corrected chi connectivity index (χ4v) is 5.00. The molecule has 0 bridgehead atoms. The largest absolute Gasteiger partial charge is 0.399 e. The van der Waals surface area contributed by atoms with Crippen LogP contribution in [0.25, 0.3) is 21.9 Å². The molecule has 0 radical (unpaired) electrons. The maximum Gasteiger partial charge on any atom is 0.387 e. The minimum absolute atomic E-state index is 0.0161. The fraction of sp³-hybridized carbons (Fsp3) is 0.571. The SMILES string of the molecule is CCOp1oc2c(CC)cc(C(C)(C)C)cc2c2cc(C(C)(C)C)cc(C(C)(C)C)c2o1. The molecule has 3 nitrogen and oxygen atoms in total. The van der Waals surface area contributed by atoms with Crippen LogP contribution in [-0.2, 0) is 22.7 Å². The third kappa shape index (κ3) is 4.95. The Morgan fingerprint density at radius 2 is 1.19 bits per heavy atom. The molecule has 32 heavy (non-hydrogen) atoms. The summed E-state index contributed by atoms with van der Waals surface area (Å²) in [6.45, 7) is 25.1. The smallest absolute Gasteiger partial charge is 0.387 e. The maximum atomic E-state index is 6.55. The molecule has 176 valence electrons. The van der Waals surface area contributed by atoms with Crippen LogP contribution in [-0.4, -0.2) is 6.61 Å². The van der Waals surface area contributed by atoms with Gasteiger partial charge >= 0.3 is 8.24 Å². The topological polar surface area (TPSA) is 35.5 Å². The predicted molar refractivity (Wildman–Crippen MR) is 139 cm³/mol. The summed E-state index contributed by atoms with van der Waals surface area (Å²) in [4.78, 5) is 0. The number of aryl methyl sites for hydroxylation is 1. The van der Waals surface area contributed by atoms with Crippen molar-refractivity contribution in [2.24, 2.45) is 0 Å². The molecule has 0 aliphatic carbocycles. The highest BCUT2D eigenvalue weighted by molar-refractivity contribution is 7.31. The first-order valence-electron chi connectivity index (χ1n) is 11.8.